The summed E-state index contributed by atoms with van der Waals surface area (Å²) >= 11 is 0. The number of piperidine rings is 1. The first-order chi connectivity index (χ1) is 10.3. The Morgan fingerprint density at radius 2 is 1.95 bits per heavy atom. The first-order valence-corrected chi connectivity index (χ1v) is 8.49. The summed E-state index contributed by atoms with van der Waals surface area (Å²) in [6, 6.07) is 0. The molecular weight excluding hydrogens is 391 g/mol. The number of hydrogen-bond donors (Lipinski definition) is 2. The molecule has 1 aliphatic heterocycles. The van der Waals surface area contributed by atoms with Crippen LogP contribution in [0.4, 0.5) is 0 Å². The Bertz CT molecular complexity index is 281. The summed E-state index contributed by atoms with van der Waals surface area (Å²) in [5.41, 5.74) is 0. The van der Waals surface area contributed by atoms with Crippen LogP contribution in [-0.4, -0.2) is 63.8 Å². The first-order valence-electron chi connectivity index (χ1n) is 8.49. The fourth-order valence-corrected chi connectivity index (χ4v) is 2.54. The van der Waals surface area contributed by atoms with E-state index in [-0.39, 0.29) is 24.0 Å². The second-order valence-electron chi connectivity index (χ2n) is 5.91. The third-order valence-corrected chi connectivity index (χ3v) is 3.94. The normalized spacial score (nSPS) is 17.1. The highest BCUT2D eigenvalue weighted by Crippen LogP contribution is 2.15. The molecule has 1 aliphatic rings. The van der Waals surface area contributed by atoms with Gasteiger partial charge in [0.1, 0.15) is 0 Å². The Hall–Kier alpha value is -0.0800. The quantitative estimate of drug-likeness (QED) is 0.257. The molecule has 1 fully saturated rings. The molecule has 0 amide bonds. The lowest BCUT2D eigenvalue weighted by atomic mass is 9.99. The molecule has 0 radical (unpaired) electrons. The van der Waals surface area contributed by atoms with Gasteiger partial charge < -0.3 is 20.3 Å². The van der Waals surface area contributed by atoms with Crippen molar-refractivity contribution in [2.45, 2.75) is 39.5 Å². The van der Waals surface area contributed by atoms with Crippen LogP contribution in [0.2, 0.25) is 0 Å². The summed E-state index contributed by atoms with van der Waals surface area (Å²) in [6.07, 6.45) is 4.87. The Labute approximate surface area is 153 Å². The van der Waals surface area contributed by atoms with Gasteiger partial charge in [-0.2, -0.15) is 0 Å². The van der Waals surface area contributed by atoms with E-state index >= 15 is 0 Å². The molecule has 0 aromatic rings. The minimum Gasteiger partial charge on any atom is -0.385 e. The standard InChI is InChI=1S/C16H34N4O.HI/c1-4-17-16(19-10-6-14-21-3)18-9-5-11-20-12-7-15(2)8-13-20;/h15H,4-14H2,1-3H3,(H2,17,18,19);1H. The number of likely N-dealkylation sites (tertiary alicyclic amines) is 1. The summed E-state index contributed by atoms with van der Waals surface area (Å²) in [5, 5.41) is 6.71. The molecule has 0 saturated carbocycles. The molecule has 0 bridgehead atoms. The number of methoxy groups -OCH3 is 1. The van der Waals surface area contributed by atoms with Gasteiger partial charge in [-0.3, -0.25) is 4.99 Å². The zero-order chi connectivity index (χ0) is 15.3. The van der Waals surface area contributed by atoms with Crippen LogP contribution in [0, 0.1) is 5.92 Å². The third kappa shape index (κ3) is 10.6. The molecule has 0 atom stereocenters. The average molecular weight is 426 g/mol. The van der Waals surface area contributed by atoms with Gasteiger partial charge in [-0.25, -0.2) is 0 Å². The molecular formula is C16H35IN4O. The second-order valence-corrected chi connectivity index (χ2v) is 5.91. The van der Waals surface area contributed by atoms with Crippen LogP contribution in [0.15, 0.2) is 4.99 Å². The molecule has 1 rings (SSSR count). The summed E-state index contributed by atoms with van der Waals surface area (Å²) in [5.74, 6) is 1.85. The van der Waals surface area contributed by atoms with Crippen LogP contribution < -0.4 is 10.6 Å². The van der Waals surface area contributed by atoms with E-state index in [1.54, 1.807) is 7.11 Å². The van der Waals surface area contributed by atoms with Gasteiger partial charge in [0.15, 0.2) is 5.96 Å². The number of guanidine groups is 1. The van der Waals surface area contributed by atoms with E-state index in [2.05, 4.69) is 34.4 Å². The predicted molar refractivity (Wildman–Crippen MR) is 105 cm³/mol. The third-order valence-electron chi connectivity index (χ3n) is 3.94. The summed E-state index contributed by atoms with van der Waals surface area (Å²) < 4.78 is 5.04. The SMILES string of the molecule is CCNC(=NCCCOC)NCCCN1CCC(C)CC1.I. The van der Waals surface area contributed by atoms with Crippen molar-refractivity contribution in [3.05, 3.63) is 0 Å². The van der Waals surface area contributed by atoms with Crippen molar-refractivity contribution in [2.24, 2.45) is 10.9 Å². The van der Waals surface area contributed by atoms with E-state index < -0.39 is 0 Å². The first kappa shape index (κ1) is 21.9. The molecule has 0 aliphatic carbocycles. The highest BCUT2D eigenvalue weighted by molar-refractivity contribution is 14.0. The van der Waals surface area contributed by atoms with Gasteiger partial charge >= 0.3 is 0 Å². The molecule has 0 aromatic carbocycles. The van der Waals surface area contributed by atoms with Crippen LogP contribution in [0.1, 0.15) is 39.5 Å². The van der Waals surface area contributed by atoms with E-state index in [9.17, 15) is 0 Å². The number of nitrogens with zero attached hydrogens (tertiary/aromatic N) is 2. The zero-order valence-electron chi connectivity index (χ0n) is 14.6. The number of hydrogen-bond acceptors (Lipinski definition) is 3. The monoisotopic (exact) mass is 426 g/mol. The van der Waals surface area contributed by atoms with E-state index in [4.69, 9.17) is 4.74 Å². The maximum absolute atomic E-state index is 5.04. The molecule has 0 spiro atoms. The van der Waals surface area contributed by atoms with Crippen LogP contribution in [-0.2, 0) is 4.74 Å². The summed E-state index contributed by atoms with van der Waals surface area (Å²) in [6.45, 7) is 11.7. The van der Waals surface area contributed by atoms with E-state index in [1.165, 1.54) is 38.9 Å². The average Bonchev–Trinajstić information content (AvgIpc) is 2.49. The Balaban J connectivity index is 0.00000441. The van der Waals surface area contributed by atoms with Crippen LogP contribution >= 0.6 is 24.0 Å². The van der Waals surface area contributed by atoms with Crippen molar-refractivity contribution in [3.8, 4) is 0 Å². The van der Waals surface area contributed by atoms with Gasteiger partial charge in [0.2, 0.25) is 0 Å². The molecule has 22 heavy (non-hydrogen) atoms. The highest BCUT2D eigenvalue weighted by Gasteiger charge is 2.14. The molecule has 0 unspecified atom stereocenters. The van der Waals surface area contributed by atoms with Crippen molar-refractivity contribution in [1.82, 2.24) is 15.5 Å². The van der Waals surface area contributed by atoms with Crippen molar-refractivity contribution in [1.29, 1.82) is 0 Å². The topological polar surface area (TPSA) is 48.9 Å². The molecule has 2 N–H and O–H groups in total. The lowest BCUT2D eigenvalue weighted by Gasteiger charge is -2.30. The molecule has 6 heteroatoms. The molecule has 5 nitrogen and oxygen atoms in total. The smallest absolute Gasteiger partial charge is 0.191 e. The maximum Gasteiger partial charge on any atom is 0.191 e. The molecule has 0 aromatic heterocycles. The highest BCUT2D eigenvalue weighted by atomic mass is 127. The van der Waals surface area contributed by atoms with Crippen molar-refractivity contribution >= 4 is 29.9 Å². The van der Waals surface area contributed by atoms with Gasteiger partial charge in [0, 0.05) is 33.4 Å². The van der Waals surface area contributed by atoms with Gasteiger partial charge in [-0.15, -0.1) is 24.0 Å². The fraction of sp³-hybridized carbons (Fsp3) is 0.938. The van der Waals surface area contributed by atoms with Gasteiger partial charge in [0.25, 0.3) is 0 Å². The lowest BCUT2D eigenvalue weighted by molar-refractivity contribution is 0.191. The molecule has 1 heterocycles. The Kier molecular flexibility index (Phi) is 14.5. The van der Waals surface area contributed by atoms with Gasteiger partial charge in [-0.05, 0) is 58.2 Å². The zero-order valence-corrected chi connectivity index (χ0v) is 16.9. The fourth-order valence-electron chi connectivity index (χ4n) is 2.54. The van der Waals surface area contributed by atoms with Crippen molar-refractivity contribution in [2.75, 3.05) is 53.0 Å². The number of ether oxygens (including phenoxy) is 1. The maximum atomic E-state index is 5.04. The van der Waals surface area contributed by atoms with Crippen LogP contribution in [0.25, 0.3) is 0 Å². The van der Waals surface area contributed by atoms with Gasteiger partial charge in [0.05, 0.1) is 0 Å². The largest absolute Gasteiger partial charge is 0.385 e. The summed E-state index contributed by atoms with van der Waals surface area (Å²) in [7, 11) is 1.73. The second kappa shape index (κ2) is 14.5. The Morgan fingerprint density at radius 1 is 1.23 bits per heavy atom. The van der Waals surface area contributed by atoms with Crippen LogP contribution in [0.3, 0.4) is 0 Å². The molecule has 132 valence electrons. The molecule has 1 saturated heterocycles. The predicted octanol–water partition coefficient (Wildman–Crippen LogP) is 2.32. The number of nitrogens with one attached hydrogen (secondary N) is 2. The number of aliphatic imine (C=N–C) groups is 1. The summed E-state index contributed by atoms with van der Waals surface area (Å²) in [4.78, 5) is 7.13. The lowest BCUT2D eigenvalue weighted by Crippen LogP contribution is -2.39. The van der Waals surface area contributed by atoms with E-state index in [0.29, 0.717) is 0 Å². The Morgan fingerprint density at radius 3 is 2.59 bits per heavy atom. The minimum atomic E-state index is 0. The van der Waals surface area contributed by atoms with Crippen LogP contribution in [0.5, 0.6) is 0 Å². The van der Waals surface area contributed by atoms with E-state index in [0.717, 1.165) is 44.5 Å². The van der Waals surface area contributed by atoms with Gasteiger partial charge in [-0.1, -0.05) is 6.92 Å². The van der Waals surface area contributed by atoms with E-state index in [1.807, 2.05) is 0 Å². The minimum absolute atomic E-state index is 0. The number of halogens is 1. The number of rotatable bonds is 9. The van der Waals surface area contributed by atoms with Crippen molar-refractivity contribution < 1.29 is 4.74 Å². The van der Waals surface area contributed by atoms with Crippen molar-refractivity contribution in [3.63, 3.8) is 0 Å².